The van der Waals surface area contributed by atoms with Crippen LogP contribution in [0.4, 0.5) is 0 Å². The van der Waals surface area contributed by atoms with Crippen molar-refractivity contribution in [2.45, 2.75) is 219 Å². The molecule has 3 N–H and O–H groups in total. The quantitative estimate of drug-likeness (QED) is 0.0174. The summed E-state index contributed by atoms with van der Waals surface area (Å²) in [5.41, 5.74) is 1.19. The minimum absolute atomic E-state index is 0. The molecule has 0 radical (unpaired) electrons. The fourth-order valence-electron chi connectivity index (χ4n) is 9.83. The number of carbonyl (C=O) groups is 2. The zero-order valence-electron chi connectivity index (χ0n) is 57.6. The van der Waals surface area contributed by atoms with Crippen molar-refractivity contribution in [3.63, 3.8) is 0 Å². The molecule has 0 aromatic heterocycles. The van der Waals surface area contributed by atoms with E-state index in [2.05, 4.69) is 174 Å². The Morgan fingerprint density at radius 1 is 0.327 bits per heavy atom. The maximum atomic E-state index is 14.0. The molecule has 0 heterocycles. The standard InChI is InChI=1S/C77H82O4.C13H10O4.18H2/c1-4-7-10-13-16-19-22-25-28-31-32-33-34-35-36-37-38-39-40-43-45-48-51-54-57-63-70-80-76-73(75(78)72-65-60-59-61-66-72)67-68-74(79-69-62-56-53-50-47-44-41-29-26-23-20-17-14-11-8-5-2)77(76)81-71-64-58-55-52-49-46-42-30-27-24-21-18-15-12-9-6-3;14-10-7-6-9(12(16)13(10)17)11(15)8-4-2-1-3-5-8;;;;;;;;;;;;;;;;;;/h1,59-61,65-68H,5-6,8-9,11-12,14-15,17-18,20-21,23-24,26-27,29-30,41-42,44,46-47,49-50,52-53,55-56,58,62,64,69,71H2,2-3H3;1-7,14,16-17H;18*1H. The van der Waals surface area contributed by atoms with Crippen LogP contribution >= 0.6 is 0 Å². The number of phenolic OH excluding ortho intramolecular Hbond substituents is 3. The number of ether oxygens (including phenoxy) is 3. The second-order valence-corrected chi connectivity index (χ2v) is 22.8. The Bertz CT molecular complexity index is 4080. The third-order valence-corrected chi connectivity index (χ3v) is 15.0. The van der Waals surface area contributed by atoms with Crippen molar-refractivity contribution in [1.29, 1.82) is 0 Å². The van der Waals surface area contributed by atoms with Crippen LogP contribution in [-0.4, -0.2) is 40.1 Å². The van der Waals surface area contributed by atoms with Crippen LogP contribution in [0.1, 0.15) is 277 Å². The number of unbranched alkanes of at least 4 members (excludes halogenated alkanes) is 30. The van der Waals surface area contributed by atoms with Gasteiger partial charge in [0.25, 0.3) is 0 Å². The molecule has 0 saturated carbocycles. The molecule has 0 aliphatic rings. The van der Waals surface area contributed by atoms with Gasteiger partial charge in [-0.2, -0.15) is 0 Å². The number of carbonyl (C=O) groups excluding carboxylic acids is 2. The number of ketones is 2. The number of hydrogen-bond acceptors (Lipinski definition) is 8. The summed E-state index contributed by atoms with van der Waals surface area (Å²) in [6, 6.07) is 23.5. The molecule has 8 nitrogen and oxygen atoms in total. The van der Waals surface area contributed by atoms with Crippen molar-refractivity contribution in [2.24, 2.45) is 0 Å². The van der Waals surface area contributed by atoms with E-state index in [9.17, 15) is 19.8 Å². The molecule has 0 saturated heterocycles. The molecular formula is C90H128O8. The van der Waals surface area contributed by atoms with E-state index in [4.69, 9.17) is 25.7 Å². The van der Waals surface area contributed by atoms with Gasteiger partial charge >= 0.3 is 0 Å². The summed E-state index contributed by atoms with van der Waals surface area (Å²) in [6.07, 6.45) is 49.1. The van der Waals surface area contributed by atoms with E-state index in [1.165, 1.54) is 179 Å². The maximum Gasteiger partial charge on any atom is 0.206 e. The summed E-state index contributed by atoms with van der Waals surface area (Å²) in [5, 5.41) is 28.1. The topological polar surface area (TPSA) is 123 Å². The Morgan fingerprint density at radius 3 is 0.969 bits per heavy atom. The van der Waals surface area contributed by atoms with Crippen molar-refractivity contribution in [2.75, 3.05) is 13.2 Å². The summed E-state index contributed by atoms with van der Waals surface area (Å²) < 4.78 is 19.0. The molecule has 4 rings (SSSR count). The highest BCUT2D eigenvalue weighted by molar-refractivity contribution is 6.12. The molecule has 0 amide bonds. The van der Waals surface area contributed by atoms with Gasteiger partial charge in [-0.25, -0.2) is 0 Å². The zero-order chi connectivity index (χ0) is 70.1. The Hall–Kier alpha value is -11.1. The normalized spacial score (nSPS) is 9.03. The van der Waals surface area contributed by atoms with Gasteiger partial charge in [-0.05, 0) is 84.5 Å². The van der Waals surface area contributed by atoms with Gasteiger partial charge in [-0.15, -0.1) is 6.42 Å². The van der Waals surface area contributed by atoms with E-state index in [1.807, 2.05) is 24.3 Å². The summed E-state index contributed by atoms with van der Waals surface area (Å²) in [6.45, 7) is 5.53. The summed E-state index contributed by atoms with van der Waals surface area (Å²) in [5.74, 6) is 64.6. The van der Waals surface area contributed by atoms with Gasteiger partial charge in [0.15, 0.2) is 34.6 Å². The van der Waals surface area contributed by atoms with E-state index in [0.29, 0.717) is 41.4 Å². The average molecular weight is 1340 g/mol. The third kappa shape index (κ3) is 40.2. The number of hydrogen-bond donors (Lipinski definition) is 3. The van der Waals surface area contributed by atoms with E-state index in [1.54, 1.807) is 48.5 Å². The van der Waals surface area contributed by atoms with Gasteiger partial charge in [-0.3, -0.25) is 9.59 Å². The maximum absolute atomic E-state index is 14.0. The van der Waals surface area contributed by atoms with Crippen LogP contribution in [0.15, 0.2) is 84.9 Å². The highest BCUT2D eigenvalue weighted by atomic mass is 16.5. The van der Waals surface area contributed by atoms with Crippen molar-refractivity contribution in [1.82, 2.24) is 0 Å². The predicted molar refractivity (Wildman–Crippen MR) is 436 cm³/mol. The number of phenols is 3. The van der Waals surface area contributed by atoms with Crippen molar-refractivity contribution >= 4 is 11.6 Å². The molecule has 0 atom stereocenters. The van der Waals surface area contributed by atoms with Crippen molar-refractivity contribution in [3.05, 3.63) is 107 Å². The average Bonchev–Trinajstić information content (AvgIpc) is 0.815. The lowest BCUT2D eigenvalue weighted by atomic mass is 10.0. The van der Waals surface area contributed by atoms with Gasteiger partial charge in [0, 0.05) is 143 Å². The molecule has 98 heavy (non-hydrogen) atoms. The SMILES string of the molecule is C#CC#CC#CC#CC#CC#CC#CC#CC#CC#CC#CC#CC#CC#COc1c(C(=O)c2ccccc2)ccc(OCCCCCCCCCCCCCCCCCC)c1OCCCCCCCCCCCCCCCCCC.O=C(c1ccccc1)c1ccc(O)c(O)c1O.[HH].[HH].[HH].[HH].[HH].[HH].[HH].[HH].[HH].[HH].[HH].[HH].[HH].[HH].[HH].[HH].[HH].[HH]. The summed E-state index contributed by atoms with van der Waals surface area (Å²) >= 11 is 0. The first-order valence-electron chi connectivity index (χ1n) is 34.8. The van der Waals surface area contributed by atoms with E-state index < -0.39 is 23.0 Å². The first-order valence-corrected chi connectivity index (χ1v) is 34.8. The molecule has 0 bridgehead atoms. The highest BCUT2D eigenvalue weighted by Crippen LogP contribution is 2.42. The Labute approximate surface area is 614 Å². The first-order chi connectivity index (χ1) is 48.3. The molecule has 4 aromatic rings. The second kappa shape index (κ2) is 58.4. The molecule has 0 unspecified atom stereocenters. The largest absolute Gasteiger partial charge is 0.504 e. The molecule has 0 aliphatic heterocycles. The van der Waals surface area contributed by atoms with Crippen LogP contribution in [0.2, 0.25) is 0 Å². The summed E-state index contributed by atoms with van der Waals surface area (Å²) in [7, 11) is 0. The minimum atomic E-state index is -0.688. The van der Waals surface area contributed by atoms with Crippen molar-refractivity contribution < 1.29 is 64.8 Å². The van der Waals surface area contributed by atoms with Gasteiger partial charge in [0.2, 0.25) is 11.5 Å². The molecular weight excluding hydrogens is 1210 g/mol. The highest BCUT2D eigenvalue weighted by Gasteiger charge is 2.24. The lowest BCUT2D eigenvalue weighted by Crippen LogP contribution is -2.09. The zero-order valence-corrected chi connectivity index (χ0v) is 57.6. The van der Waals surface area contributed by atoms with E-state index in [-0.39, 0.29) is 42.8 Å². The molecule has 0 aliphatic carbocycles. The van der Waals surface area contributed by atoms with Gasteiger partial charge in [0.05, 0.1) is 24.3 Å². The lowest BCUT2D eigenvalue weighted by molar-refractivity contribution is 0.102. The molecule has 536 valence electrons. The van der Waals surface area contributed by atoms with Crippen LogP contribution < -0.4 is 14.2 Å². The molecule has 8 heteroatoms. The summed E-state index contributed by atoms with van der Waals surface area (Å²) in [4.78, 5) is 26.0. The number of rotatable bonds is 41. The van der Waals surface area contributed by atoms with Crippen LogP contribution in [0.5, 0.6) is 34.5 Å². The minimum Gasteiger partial charge on any atom is -0.504 e. The molecule has 0 fully saturated rings. The molecule has 4 aromatic carbocycles. The monoisotopic (exact) mass is 1340 g/mol. The Morgan fingerprint density at radius 2 is 0.622 bits per heavy atom. The fraction of sp³-hybridized carbons (Fsp3) is 0.400. The number of aromatic hydroxyl groups is 3. The van der Waals surface area contributed by atoms with Gasteiger partial charge in [0.1, 0.15) is 6.11 Å². The lowest BCUT2D eigenvalue weighted by Gasteiger charge is -2.18. The van der Waals surface area contributed by atoms with Crippen LogP contribution in [-0.2, 0) is 0 Å². The van der Waals surface area contributed by atoms with Crippen LogP contribution in [0.25, 0.3) is 0 Å². The first kappa shape index (κ1) is 81.1. The predicted octanol–water partition coefficient (Wildman–Crippen LogP) is 22.7. The van der Waals surface area contributed by atoms with Crippen LogP contribution in [0.3, 0.4) is 0 Å². The third-order valence-electron chi connectivity index (χ3n) is 15.0. The second-order valence-electron chi connectivity index (χ2n) is 22.8. The molecule has 0 spiro atoms. The van der Waals surface area contributed by atoms with Gasteiger partial charge < -0.3 is 29.5 Å². The van der Waals surface area contributed by atoms with E-state index >= 15 is 0 Å². The smallest absolute Gasteiger partial charge is 0.206 e. The van der Waals surface area contributed by atoms with E-state index in [0.717, 1.165) is 38.2 Å². The number of benzene rings is 4. The van der Waals surface area contributed by atoms with Crippen LogP contribution in [0, 0.1) is 166 Å². The van der Waals surface area contributed by atoms with Gasteiger partial charge in [-0.1, -0.05) is 267 Å². The van der Waals surface area contributed by atoms with Crippen molar-refractivity contribution in [3.8, 4) is 201 Å². The number of terminal acetylenes is 1. The fourth-order valence-corrected chi connectivity index (χ4v) is 9.83. The Kier molecular flexibility index (Phi) is 48.4. The Balaban J connectivity index is -0.000000180.